The van der Waals surface area contributed by atoms with Gasteiger partial charge in [0.05, 0.1) is 11.8 Å². The Morgan fingerprint density at radius 3 is 1.77 bits per heavy atom. The van der Waals surface area contributed by atoms with Gasteiger partial charge < -0.3 is 10.4 Å². The van der Waals surface area contributed by atoms with Gasteiger partial charge in [-0.15, -0.1) is 0 Å². The number of carbonyl (C=O) groups is 2. The minimum Gasteiger partial charge on any atom is -0.481 e. The molecule has 0 saturated carbocycles. The van der Waals surface area contributed by atoms with Crippen molar-refractivity contribution in [2.75, 3.05) is 5.32 Å². The molecule has 0 aliphatic carbocycles. The number of nitrogens with one attached hydrogen (secondary N) is 1. The Bertz CT molecular complexity index is 1170. The van der Waals surface area contributed by atoms with Crippen LogP contribution in [0.2, 0.25) is 0 Å². The van der Waals surface area contributed by atoms with Crippen LogP contribution in [0.15, 0.2) is 103 Å². The molecule has 0 saturated heterocycles. The fourth-order valence-electron chi connectivity index (χ4n) is 3.78. The maximum Gasteiger partial charge on any atom is 0.312 e. The van der Waals surface area contributed by atoms with Gasteiger partial charge in [-0.25, -0.2) is 0 Å². The van der Waals surface area contributed by atoms with E-state index in [1.807, 2.05) is 66.7 Å². The maximum absolute atomic E-state index is 13.4. The van der Waals surface area contributed by atoms with Gasteiger partial charge in [-0.05, 0) is 34.0 Å². The fraction of sp³-hybridized carbons (Fsp3) is 0.0769. The predicted molar refractivity (Wildman–Crippen MR) is 119 cm³/mol. The number of aliphatic carboxylic acids is 1. The molecular formula is C26H21NO3. The summed E-state index contributed by atoms with van der Waals surface area (Å²) in [6, 6.07) is 31.5. The highest BCUT2D eigenvalue weighted by molar-refractivity contribution is 6.01. The van der Waals surface area contributed by atoms with Crippen molar-refractivity contribution < 1.29 is 14.7 Å². The Labute approximate surface area is 174 Å². The van der Waals surface area contributed by atoms with E-state index >= 15 is 0 Å². The number of anilines is 1. The summed E-state index contributed by atoms with van der Waals surface area (Å²) in [5.74, 6) is -3.27. The van der Waals surface area contributed by atoms with E-state index in [1.54, 1.807) is 36.4 Å². The van der Waals surface area contributed by atoms with Crippen LogP contribution in [0.3, 0.4) is 0 Å². The Kier molecular flexibility index (Phi) is 5.57. The molecule has 0 aromatic heterocycles. The molecule has 2 atom stereocenters. The van der Waals surface area contributed by atoms with Crippen LogP contribution in [-0.4, -0.2) is 17.0 Å². The van der Waals surface area contributed by atoms with Crippen molar-refractivity contribution in [3.63, 3.8) is 0 Å². The molecule has 4 aromatic carbocycles. The first kappa shape index (κ1) is 19.4. The van der Waals surface area contributed by atoms with Crippen molar-refractivity contribution in [2.45, 2.75) is 11.8 Å². The topological polar surface area (TPSA) is 66.4 Å². The molecule has 4 heteroatoms. The molecule has 0 heterocycles. The van der Waals surface area contributed by atoms with Gasteiger partial charge in [0.15, 0.2) is 0 Å². The summed E-state index contributed by atoms with van der Waals surface area (Å²) in [5, 5.41) is 15.0. The highest BCUT2D eigenvalue weighted by atomic mass is 16.4. The van der Waals surface area contributed by atoms with Gasteiger partial charge in [0.2, 0.25) is 5.91 Å². The molecule has 0 spiro atoms. The summed E-state index contributed by atoms with van der Waals surface area (Å²) in [6.07, 6.45) is 0. The normalized spacial score (nSPS) is 12.8. The van der Waals surface area contributed by atoms with E-state index in [1.165, 1.54) is 0 Å². The fourth-order valence-corrected chi connectivity index (χ4v) is 3.78. The SMILES string of the molecule is O=C(O)C(c1ccccc1)C(C(=O)Nc1ccc2ccccc2c1)c1ccccc1. The van der Waals surface area contributed by atoms with E-state index in [0.29, 0.717) is 16.8 Å². The van der Waals surface area contributed by atoms with E-state index in [0.717, 1.165) is 10.8 Å². The first-order chi connectivity index (χ1) is 14.6. The van der Waals surface area contributed by atoms with Crippen LogP contribution < -0.4 is 5.32 Å². The van der Waals surface area contributed by atoms with Gasteiger partial charge in [-0.1, -0.05) is 91.0 Å². The molecule has 2 unspecified atom stereocenters. The quantitative estimate of drug-likeness (QED) is 0.457. The third-order valence-corrected chi connectivity index (χ3v) is 5.22. The van der Waals surface area contributed by atoms with Crippen molar-refractivity contribution in [1.29, 1.82) is 0 Å². The average molecular weight is 395 g/mol. The second-order valence-corrected chi connectivity index (χ2v) is 7.17. The second-order valence-electron chi connectivity index (χ2n) is 7.17. The highest BCUT2D eigenvalue weighted by Crippen LogP contribution is 2.35. The first-order valence-corrected chi connectivity index (χ1v) is 9.76. The molecular weight excluding hydrogens is 374 g/mol. The number of benzene rings is 4. The molecule has 148 valence electrons. The van der Waals surface area contributed by atoms with Crippen LogP contribution >= 0.6 is 0 Å². The molecule has 0 fully saturated rings. The minimum absolute atomic E-state index is 0.354. The van der Waals surface area contributed by atoms with Gasteiger partial charge in [0.25, 0.3) is 0 Å². The molecule has 4 rings (SSSR count). The lowest BCUT2D eigenvalue weighted by molar-refractivity contribution is -0.141. The Balaban J connectivity index is 1.73. The Hall–Kier alpha value is -3.92. The predicted octanol–water partition coefficient (Wildman–Crippen LogP) is 5.43. The molecule has 1 amide bonds. The Morgan fingerprint density at radius 2 is 1.17 bits per heavy atom. The van der Waals surface area contributed by atoms with E-state index in [9.17, 15) is 14.7 Å². The molecule has 0 radical (unpaired) electrons. The average Bonchev–Trinajstić information content (AvgIpc) is 2.78. The number of fused-ring (bicyclic) bond motifs is 1. The van der Waals surface area contributed by atoms with E-state index in [4.69, 9.17) is 0 Å². The number of rotatable bonds is 6. The first-order valence-electron chi connectivity index (χ1n) is 9.76. The number of hydrogen-bond acceptors (Lipinski definition) is 2. The monoisotopic (exact) mass is 395 g/mol. The summed E-state index contributed by atoms with van der Waals surface area (Å²) in [5.41, 5.74) is 1.89. The van der Waals surface area contributed by atoms with Crippen LogP contribution in [0.4, 0.5) is 5.69 Å². The van der Waals surface area contributed by atoms with Crippen LogP contribution in [0.1, 0.15) is 23.0 Å². The van der Waals surface area contributed by atoms with Gasteiger partial charge >= 0.3 is 5.97 Å². The van der Waals surface area contributed by atoms with E-state index in [-0.39, 0.29) is 5.91 Å². The summed E-state index contributed by atoms with van der Waals surface area (Å²) in [7, 11) is 0. The van der Waals surface area contributed by atoms with Crippen LogP contribution in [0.25, 0.3) is 10.8 Å². The standard InChI is InChI=1S/C26H21NO3/c28-25(27-22-16-15-18-9-7-8-14-21(18)17-22)23(19-10-3-1-4-11-19)24(26(29)30)20-12-5-2-6-13-20/h1-17,23-24H,(H,27,28)(H,29,30). The van der Waals surface area contributed by atoms with Crippen molar-refractivity contribution >= 4 is 28.3 Å². The number of carboxylic acid groups (broad SMARTS) is 1. The summed E-state index contributed by atoms with van der Waals surface area (Å²) in [4.78, 5) is 25.7. The van der Waals surface area contributed by atoms with Crippen molar-refractivity contribution in [1.82, 2.24) is 0 Å². The molecule has 0 bridgehead atoms. The van der Waals surface area contributed by atoms with Crippen LogP contribution in [0.5, 0.6) is 0 Å². The molecule has 2 N–H and O–H groups in total. The molecule has 0 aliphatic heterocycles. The van der Waals surface area contributed by atoms with Crippen LogP contribution in [-0.2, 0) is 9.59 Å². The lowest BCUT2D eigenvalue weighted by atomic mass is 9.80. The number of carbonyl (C=O) groups excluding carboxylic acids is 1. The van der Waals surface area contributed by atoms with Crippen LogP contribution in [0, 0.1) is 0 Å². The van der Waals surface area contributed by atoms with Gasteiger partial charge in [0.1, 0.15) is 0 Å². The zero-order valence-electron chi connectivity index (χ0n) is 16.2. The molecule has 0 aliphatic rings. The number of amides is 1. The largest absolute Gasteiger partial charge is 0.481 e. The van der Waals surface area contributed by atoms with Gasteiger partial charge in [-0.3, -0.25) is 9.59 Å². The molecule has 4 nitrogen and oxygen atoms in total. The molecule has 4 aromatic rings. The minimum atomic E-state index is -1.04. The second kappa shape index (κ2) is 8.62. The maximum atomic E-state index is 13.4. The summed E-state index contributed by atoms with van der Waals surface area (Å²) >= 11 is 0. The van der Waals surface area contributed by atoms with Gasteiger partial charge in [0, 0.05) is 5.69 Å². The van der Waals surface area contributed by atoms with E-state index < -0.39 is 17.8 Å². The van der Waals surface area contributed by atoms with E-state index in [2.05, 4.69) is 5.32 Å². The third kappa shape index (κ3) is 4.08. The number of hydrogen-bond donors (Lipinski definition) is 2. The molecule has 30 heavy (non-hydrogen) atoms. The Morgan fingerprint density at radius 1 is 0.633 bits per heavy atom. The summed E-state index contributed by atoms with van der Waals surface area (Å²) < 4.78 is 0. The van der Waals surface area contributed by atoms with Gasteiger partial charge in [-0.2, -0.15) is 0 Å². The highest BCUT2D eigenvalue weighted by Gasteiger charge is 2.36. The van der Waals surface area contributed by atoms with Crippen molar-refractivity contribution in [3.8, 4) is 0 Å². The third-order valence-electron chi connectivity index (χ3n) is 5.22. The smallest absolute Gasteiger partial charge is 0.312 e. The zero-order valence-corrected chi connectivity index (χ0v) is 16.2. The number of carboxylic acids is 1. The van der Waals surface area contributed by atoms with Crippen molar-refractivity contribution in [2.24, 2.45) is 0 Å². The zero-order chi connectivity index (χ0) is 20.9. The lowest BCUT2D eigenvalue weighted by Gasteiger charge is -2.24. The lowest BCUT2D eigenvalue weighted by Crippen LogP contribution is -2.30. The summed E-state index contributed by atoms with van der Waals surface area (Å²) in [6.45, 7) is 0. The van der Waals surface area contributed by atoms with Crippen molar-refractivity contribution in [3.05, 3.63) is 114 Å².